The molecule has 0 aliphatic carbocycles. The van der Waals surface area contributed by atoms with Gasteiger partial charge in [-0.1, -0.05) is 6.58 Å². The van der Waals surface area contributed by atoms with Crippen LogP contribution in [0, 0.1) is 6.92 Å². The van der Waals surface area contributed by atoms with Gasteiger partial charge in [0.1, 0.15) is 0 Å². The summed E-state index contributed by atoms with van der Waals surface area (Å²) in [4.78, 5) is 7.93. The monoisotopic (exact) mass is 146 g/mol. The Kier molecular flexibility index (Phi) is 2.16. The van der Waals surface area contributed by atoms with E-state index in [1.54, 1.807) is 12.3 Å². The molecular weight excluding hydrogens is 136 g/mol. The molecule has 0 saturated carbocycles. The predicted molar refractivity (Wildman–Crippen MR) is 48.3 cm³/mol. The Labute approximate surface area is 66.3 Å². The fourth-order valence-corrected chi connectivity index (χ4v) is 0.848. The summed E-state index contributed by atoms with van der Waals surface area (Å²) < 4.78 is 0. The molecule has 0 N–H and O–H groups in total. The Balaban J connectivity index is 3.26. The first-order valence-electron chi connectivity index (χ1n) is 3.33. The number of aryl methyl sites for hydroxylation is 1. The summed E-state index contributed by atoms with van der Waals surface area (Å²) in [5.74, 6) is 0. The van der Waals surface area contributed by atoms with E-state index in [9.17, 15) is 0 Å². The van der Waals surface area contributed by atoms with Gasteiger partial charge in [0.2, 0.25) is 0 Å². The number of pyridine rings is 1. The van der Waals surface area contributed by atoms with Crippen molar-refractivity contribution in [2.24, 2.45) is 4.99 Å². The lowest BCUT2D eigenvalue weighted by Gasteiger charge is -1.98. The van der Waals surface area contributed by atoms with Gasteiger partial charge in [-0.3, -0.25) is 9.98 Å². The van der Waals surface area contributed by atoms with Crippen molar-refractivity contribution in [3.63, 3.8) is 0 Å². The zero-order valence-corrected chi connectivity index (χ0v) is 6.54. The van der Waals surface area contributed by atoms with Gasteiger partial charge in [0.15, 0.2) is 0 Å². The maximum Gasteiger partial charge on any atom is 0.0881 e. The maximum absolute atomic E-state index is 4.12. The molecular formula is C9H10N2. The lowest BCUT2D eigenvalue weighted by Crippen LogP contribution is -1.82. The molecule has 1 heterocycles. The normalized spacial score (nSPS) is 9.18. The van der Waals surface area contributed by atoms with Crippen LogP contribution in [0.3, 0.4) is 0 Å². The largest absolute Gasteiger partial charge is 0.262 e. The molecule has 1 rings (SSSR count). The van der Waals surface area contributed by atoms with Gasteiger partial charge in [-0.15, -0.1) is 0 Å². The summed E-state index contributed by atoms with van der Waals surface area (Å²) in [6, 6.07) is 1.93. The topological polar surface area (TPSA) is 25.2 Å². The van der Waals surface area contributed by atoms with E-state index in [1.165, 1.54) is 0 Å². The van der Waals surface area contributed by atoms with E-state index in [0.717, 1.165) is 16.9 Å². The van der Waals surface area contributed by atoms with Crippen molar-refractivity contribution in [3.8, 4) is 0 Å². The predicted octanol–water partition coefficient (Wildman–Crippen LogP) is 2.37. The van der Waals surface area contributed by atoms with E-state index < -0.39 is 0 Å². The quantitative estimate of drug-likeness (QED) is 0.588. The van der Waals surface area contributed by atoms with Crippen LogP contribution in [0.4, 0.5) is 5.69 Å². The van der Waals surface area contributed by atoms with Crippen LogP contribution in [-0.2, 0) is 0 Å². The minimum atomic E-state index is 0.783. The standard InChI is InChI=1S/C9H10N2/c1-4-8-9(10-3)5-7(2)6-11-8/h4-6H,1,3H2,2H3. The molecule has 0 aliphatic heterocycles. The second-order valence-electron chi connectivity index (χ2n) is 2.28. The van der Waals surface area contributed by atoms with Crippen molar-refractivity contribution in [2.45, 2.75) is 6.92 Å². The van der Waals surface area contributed by atoms with Crippen molar-refractivity contribution < 1.29 is 0 Å². The van der Waals surface area contributed by atoms with Crippen molar-refractivity contribution in [2.75, 3.05) is 0 Å². The summed E-state index contributed by atoms with van der Waals surface area (Å²) in [6.07, 6.45) is 3.45. The first-order valence-corrected chi connectivity index (χ1v) is 3.33. The highest BCUT2D eigenvalue weighted by Gasteiger charge is 1.96. The zero-order valence-electron chi connectivity index (χ0n) is 6.54. The van der Waals surface area contributed by atoms with Crippen LogP contribution in [0.25, 0.3) is 6.08 Å². The molecule has 1 aromatic heterocycles. The average molecular weight is 146 g/mol. The van der Waals surface area contributed by atoms with Crippen LogP contribution in [-0.4, -0.2) is 11.7 Å². The molecule has 0 spiro atoms. The van der Waals surface area contributed by atoms with Crippen LogP contribution in [0.2, 0.25) is 0 Å². The summed E-state index contributed by atoms with van der Waals surface area (Å²) in [5.41, 5.74) is 2.66. The lowest BCUT2D eigenvalue weighted by atomic mass is 10.2. The summed E-state index contributed by atoms with van der Waals surface area (Å²) in [5, 5.41) is 0. The molecule has 1 aromatic rings. The molecule has 0 saturated heterocycles. The first-order chi connectivity index (χ1) is 5.27. The Morgan fingerprint density at radius 3 is 2.91 bits per heavy atom. The van der Waals surface area contributed by atoms with Gasteiger partial charge in [0, 0.05) is 6.20 Å². The third-order valence-corrected chi connectivity index (χ3v) is 1.40. The summed E-state index contributed by atoms with van der Waals surface area (Å²) in [7, 11) is 0. The van der Waals surface area contributed by atoms with Gasteiger partial charge >= 0.3 is 0 Å². The van der Waals surface area contributed by atoms with Crippen molar-refractivity contribution in [1.82, 2.24) is 4.98 Å². The number of rotatable bonds is 2. The molecule has 0 radical (unpaired) electrons. The molecule has 0 aromatic carbocycles. The first kappa shape index (κ1) is 7.66. The molecule has 0 unspecified atom stereocenters. The zero-order chi connectivity index (χ0) is 8.27. The number of nitrogens with zero attached hydrogens (tertiary/aromatic N) is 2. The molecule has 2 nitrogen and oxygen atoms in total. The maximum atomic E-state index is 4.12. The van der Waals surface area contributed by atoms with Gasteiger partial charge < -0.3 is 0 Å². The van der Waals surface area contributed by atoms with Crippen LogP contribution in [0.1, 0.15) is 11.3 Å². The Morgan fingerprint density at radius 2 is 2.36 bits per heavy atom. The molecule has 0 bridgehead atoms. The van der Waals surface area contributed by atoms with E-state index in [4.69, 9.17) is 0 Å². The van der Waals surface area contributed by atoms with Gasteiger partial charge in [-0.05, 0) is 31.3 Å². The van der Waals surface area contributed by atoms with E-state index in [-0.39, 0.29) is 0 Å². The second kappa shape index (κ2) is 3.10. The average Bonchev–Trinajstić information content (AvgIpc) is 2.04. The van der Waals surface area contributed by atoms with E-state index in [2.05, 4.69) is 23.3 Å². The molecule has 56 valence electrons. The van der Waals surface area contributed by atoms with E-state index in [0.29, 0.717) is 0 Å². The highest BCUT2D eigenvalue weighted by Crippen LogP contribution is 2.17. The fourth-order valence-electron chi connectivity index (χ4n) is 0.848. The summed E-state index contributed by atoms with van der Waals surface area (Å²) >= 11 is 0. The van der Waals surface area contributed by atoms with Gasteiger partial charge in [0.25, 0.3) is 0 Å². The van der Waals surface area contributed by atoms with E-state index in [1.807, 2.05) is 13.0 Å². The molecule has 2 heteroatoms. The van der Waals surface area contributed by atoms with Crippen molar-refractivity contribution in [1.29, 1.82) is 0 Å². The molecule has 0 aliphatic rings. The third-order valence-electron chi connectivity index (χ3n) is 1.40. The van der Waals surface area contributed by atoms with Gasteiger partial charge in [-0.2, -0.15) is 0 Å². The van der Waals surface area contributed by atoms with Crippen LogP contribution < -0.4 is 0 Å². The number of aromatic nitrogens is 1. The molecule has 11 heavy (non-hydrogen) atoms. The number of hydrogen-bond acceptors (Lipinski definition) is 2. The second-order valence-corrected chi connectivity index (χ2v) is 2.28. The van der Waals surface area contributed by atoms with Gasteiger partial charge in [-0.25, -0.2) is 0 Å². The SMILES string of the molecule is C=Cc1ncc(C)cc1N=C. The molecule has 0 amide bonds. The number of hydrogen-bond donors (Lipinski definition) is 0. The highest BCUT2D eigenvalue weighted by molar-refractivity contribution is 5.61. The number of aliphatic imine (C=N–C) groups is 1. The lowest BCUT2D eigenvalue weighted by molar-refractivity contribution is 1.23. The van der Waals surface area contributed by atoms with Crippen LogP contribution >= 0.6 is 0 Å². The third kappa shape index (κ3) is 1.52. The smallest absolute Gasteiger partial charge is 0.0881 e. The fraction of sp³-hybridized carbons (Fsp3) is 0.111. The summed E-state index contributed by atoms with van der Waals surface area (Å²) in [6.45, 7) is 9.03. The molecule has 0 fully saturated rings. The van der Waals surface area contributed by atoms with Crippen molar-refractivity contribution >= 4 is 18.5 Å². The minimum absolute atomic E-state index is 0.783. The minimum Gasteiger partial charge on any atom is -0.262 e. The van der Waals surface area contributed by atoms with E-state index >= 15 is 0 Å². The highest BCUT2D eigenvalue weighted by atomic mass is 14.8. The molecule has 0 atom stereocenters. The Morgan fingerprint density at radius 1 is 1.64 bits per heavy atom. The Bertz CT molecular complexity index is 290. The Hall–Kier alpha value is -1.44. The van der Waals surface area contributed by atoms with Crippen LogP contribution in [0.5, 0.6) is 0 Å². The van der Waals surface area contributed by atoms with Crippen LogP contribution in [0.15, 0.2) is 23.8 Å². The van der Waals surface area contributed by atoms with Crippen molar-refractivity contribution in [3.05, 3.63) is 30.1 Å². The van der Waals surface area contributed by atoms with Gasteiger partial charge in [0.05, 0.1) is 11.4 Å².